The fourth-order valence-electron chi connectivity index (χ4n) is 4.25. The van der Waals surface area contributed by atoms with Crippen LogP contribution in [0.2, 0.25) is 10.0 Å². The summed E-state index contributed by atoms with van der Waals surface area (Å²) in [6, 6.07) is 18.2. The Kier molecular flexibility index (Phi) is 8.37. The minimum Gasteiger partial charge on any atom is -0.487 e. The van der Waals surface area contributed by atoms with E-state index in [2.05, 4.69) is 6.92 Å². The number of aromatic nitrogens is 2. The smallest absolute Gasteiger partial charge is 0.335 e. The van der Waals surface area contributed by atoms with Crippen molar-refractivity contribution in [3.05, 3.63) is 110 Å². The van der Waals surface area contributed by atoms with E-state index in [0.29, 0.717) is 22.3 Å². The van der Waals surface area contributed by atoms with E-state index in [1.807, 2.05) is 56.3 Å². The number of carboxylic acids is 1. The monoisotopic (exact) mass is 534 g/mol. The van der Waals surface area contributed by atoms with Crippen molar-refractivity contribution in [3.8, 4) is 11.4 Å². The third-order valence-electron chi connectivity index (χ3n) is 6.15. The summed E-state index contributed by atoms with van der Waals surface area (Å²) in [5.41, 5.74) is 6.79. The molecular formula is C30H28Cl2N2O3. The van der Waals surface area contributed by atoms with Crippen LogP contribution in [0, 0.1) is 13.8 Å². The highest BCUT2D eigenvalue weighted by Gasteiger charge is 2.20. The van der Waals surface area contributed by atoms with Gasteiger partial charge in [0.25, 0.3) is 0 Å². The summed E-state index contributed by atoms with van der Waals surface area (Å²) < 4.78 is 8.04. The highest BCUT2D eigenvalue weighted by atomic mass is 35.5. The fourth-order valence-corrected chi connectivity index (χ4v) is 4.80. The zero-order valence-electron chi connectivity index (χ0n) is 21.0. The van der Waals surface area contributed by atoms with Gasteiger partial charge in [-0.1, -0.05) is 73.0 Å². The van der Waals surface area contributed by atoms with E-state index in [-0.39, 0.29) is 5.56 Å². The zero-order chi connectivity index (χ0) is 26.5. The quantitative estimate of drug-likeness (QED) is 0.220. The van der Waals surface area contributed by atoms with Crippen LogP contribution in [0.4, 0.5) is 0 Å². The Hall–Kier alpha value is -3.54. The van der Waals surface area contributed by atoms with Gasteiger partial charge in [0.05, 0.1) is 27.0 Å². The van der Waals surface area contributed by atoms with E-state index in [1.54, 1.807) is 35.0 Å². The third kappa shape index (κ3) is 6.07. The molecule has 3 aromatic carbocycles. The average molecular weight is 535 g/mol. The van der Waals surface area contributed by atoms with Crippen LogP contribution in [0.15, 0.2) is 60.7 Å². The molecule has 0 atom stereocenters. The molecule has 0 aliphatic carbocycles. The number of aryl methyl sites for hydroxylation is 2. The number of carboxylic acid groups (broad SMARTS) is 1. The number of aromatic carboxylic acids is 1. The molecule has 0 saturated carbocycles. The standard InChI is InChI=1S/C30H28Cl2N2O3/c1-4-7-25-20(3)33-34(29-26(31)10-6-11-27(29)32)28(25)18-37-24-15-14-22(19(2)16-24)13-12-21-8-5-9-23(17-21)30(35)36/h5-6,8-17H,4,7,18H2,1-3H3,(H,35,36). The van der Waals surface area contributed by atoms with Crippen molar-refractivity contribution in [2.75, 3.05) is 0 Å². The minimum atomic E-state index is -0.941. The number of benzene rings is 3. The molecule has 7 heteroatoms. The first kappa shape index (κ1) is 26.5. The van der Waals surface area contributed by atoms with Gasteiger partial charge >= 0.3 is 5.97 Å². The Labute approximate surface area is 226 Å². The maximum Gasteiger partial charge on any atom is 0.335 e. The SMILES string of the molecule is CCCc1c(C)nn(-c2c(Cl)cccc2Cl)c1COc1ccc(C=Cc2cccc(C(=O)O)c2)c(C)c1. The van der Waals surface area contributed by atoms with Crippen molar-refractivity contribution < 1.29 is 14.6 Å². The molecule has 1 aromatic heterocycles. The lowest BCUT2D eigenvalue weighted by atomic mass is 10.1. The average Bonchev–Trinajstić information content (AvgIpc) is 3.17. The molecule has 0 spiro atoms. The Morgan fingerprint density at radius 3 is 2.43 bits per heavy atom. The Morgan fingerprint density at radius 1 is 1.03 bits per heavy atom. The molecule has 0 saturated heterocycles. The lowest BCUT2D eigenvalue weighted by Gasteiger charge is -2.14. The van der Waals surface area contributed by atoms with Crippen molar-refractivity contribution in [2.24, 2.45) is 0 Å². The second-order valence-electron chi connectivity index (χ2n) is 8.81. The van der Waals surface area contributed by atoms with E-state index in [4.69, 9.17) is 33.0 Å². The van der Waals surface area contributed by atoms with Crippen LogP contribution in [-0.2, 0) is 13.0 Å². The Morgan fingerprint density at radius 2 is 1.76 bits per heavy atom. The molecule has 0 aliphatic rings. The highest BCUT2D eigenvalue weighted by Crippen LogP contribution is 2.32. The molecule has 1 heterocycles. The van der Waals surface area contributed by atoms with E-state index in [9.17, 15) is 9.90 Å². The first-order valence-corrected chi connectivity index (χ1v) is 12.8. The normalized spacial score (nSPS) is 11.3. The van der Waals surface area contributed by atoms with Crippen molar-refractivity contribution in [2.45, 2.75) is 40.2 Å². The van der Waals surface area contributed by atoms with Gasteiger partial charge in [-0.05, 0) is 73.4 Å². The van der Waals surface area contributed by atoms with Crippen LogP contribution >= 0.6 is 23.2 Å². The number of halogens is 2. The minimum absolute atomic E-state index is 0.262. The first-order valence-electron chi connectivity index (χ1n) is 12.0. The van der Waals surface area contributed by atoms with Gasteiger partial charge in [0.1, 0.15) is 18.0 Å². The van der Waals surface area contributed by atoms with Gasteiger partial charge in [-0.2, -0.15) is 5.10 Å². The topological polar surface area (TPSA) is 64.4 Å². The van der Waals surface area contributed by atoms with Crippen LogP contribution in [0.1, 0.15) is 57.3 Å². The number of hydrogen-bond acceptors (Lipinski definition) is 3. The molecular weight excluding hydrogens is 507 g/mol. The number of hydrogen-bond donors (Lipinski definition) is 1. The molecule has 37 heavy (non-hydrogen) atoms. The molecule has 4 rings (SSSR count). The first-order chi connectivity index (χ1) is 17.8. The highest BCUT2D eigenvalue weighted by molar-refractivity contribution is 6.37. The summed E-state index contributed by atoms with van der Waals surface area (Å²) >= 11 is 13.0. The van der Waals surface area contributed by atoms with Crippen LogP contribution in [0.3, 0.4) is 0 Å². The molecule has 0 aliphatic heterocycles. The van der Waals surface area contributed by atoms with Crippen LogP contribution < -0.4 is 4.74 Å². The predicted molar refractivity (Wildman–Crippen MR) is 150 cm³/mol. The number of para-hydroxylation sites is 1. The van der Waals surface area contributed by atoms with Crippen molar-refractivity contribution in [1.82, 2.24) is 9.78 Å². The van der Waals surface area contributed by atoms with Gasteiger partial charge in [-0.15, -0.1) is 0 Å². The van der Waals surface area contributed by atoms with Gasteiger partial charge in [-0.25, -0.2) is 9.48 Å². The summed E-state index contributed by atoms with van der Waals surface area (Å²) in [5.74, 6) is -0.205. The molecule has 1 N–H and O–H groups in total. The van der Waals surface area contributed by atoms with Gasteiger partial charge in [0, 0.05) is 5.56 Å². The van der Waals surface area contributed by atoms with Crippen LogP contribution in [0.25, 0.3) is 17.8 Å². The van der Waals surface area contributed by atoms with Crippen LogP contribution in [-0.4, -0.2) is 20.9 Å². The van der Waals surface area contributed by atoms with Crippen molar-refractivity contribution in [1.29, 1.82) is 0 Å². The summed E-state index contributed by atoms with van der Waals surface area (Å²) in [7, 11) is 0. The lowest BCUT2D eigenvalue weighted by Crippen LogP contribution is -2.09. The van der Waals surface area contributed by atoms with Crippen molar-refractivity contribution in [3.63, 3.8) is 0 Å². The molecule has 0 amide bonds. The zero-order valence-corrected chi connectivity index (χ0v) is 22.5. The predicted octanol–water partition coefficient (Wildman–Crippen LogP) is 8.20. The van der Waals surface area contributed by atoms with Gasteiger partial charge in [0.2, 0.25) is 0 Å². The van der Waals surface area contributed by atoms with E-state index >= 15 is 0 Å². The Balaban J connectivity index is 1.57. The largest absolute Gasteiger partial charge is 0.487 e. The summed E-state index contributed by atoms with van der Waals surface area (Å²) in [6.45, 7) is 6.46. The summed E-state index contributed by atoms with van der Waals surface area (Å²) in [6.07, 6.45) is 5.72. The fraction of sp³-hybridized carbons (Fsp3) is 0.200. The second-order valence-corrected chi connectivity index (χ2v) is 9.63. The van der Waals surface area contributed by atoms with E-state index in [0.717, 1.165) is 52.2 Å². The van der Waals surface area contributed by atoms with E-state index < -0.39 is 5.97 Å². The number of ether oxygens (including phenoxy) is 1. The molecule has 5 nitrogen and oxygen atoms in total. The number of rotatable bonds is 9. The third-order valence-corrected chi connectivity index (χ3v) is 6.76. The number of nitrogens with zero attached hydrogens (tertiary/aromatic N) is 2. The maximum atomic E-state index is 11.2. The molecule has 0 unspecified atom stereocenters. The molecule has 0 bridgehead atoms. The molecule has 0 fully saturated rings. The summed E-state index contributed by atoms with van der Waals surface area (Å²) in [4.78, 5) is 11.2. The van der Waals surface area contributed by atoms with Gasteiger partial charge in [-0.3, -0.25) is 0 Å². The van der Waals surface area contributed by atoms with E-state index in [1.165, 1.54) is 0 Å². The lowest BCUT2D eigenvalue weighted by molar-refractivity contribution is 0.0697. The van der Waals surface area contributed by atoms with Gasteiger partial charge in [0.15, 0.2) is 0 Å². The van der Waals surface area contributed by atoms with Crippen molar-refractivity contribution >= 4 is 41.3 Å². The van der Waals surface area contributed by atoms with Gasteiger partial charge < -0.3 is 9.84 Å². The molecule has 0 radical (unpaired) electrons. The molecule has 190 valence electrons. The molecule has 4 aromatic rings. The second kappa shape index (κ2) is 11.7. The summed E-state index contributed by atoms with van der Waals surface area (Å²) in [5, 5.41) is 15.0. The Bertz CT molecular complexity index is 1450. The maximum absolute atomic E-state index is 11.2. The number of carbonyl (C=O) groups is 1. The van der Waals surface area contributed by atoms with Crippen LogP contribution in [0.5, 0.6) is 5.75 Å².